The quantitative estimate of drug-likeness (QED) is 0.898. The highest BCUT2D eigenvalue weighted by Gasteiger charge is 2.22. The standard InChI is InChI=1S/C21H25N3O3/c1-24-11-8-16(9-12-24)26-19-13-15(7-10-23-19)18-6-5-14-3-2-4-17(14)20(18)27-21(22)25/h5-7,10,13,16H,2-4,8-9,11-12H2,1H3,(H2,22,25). The molecule has 6 nitrogen and oxygen atoms in total. The normalized spacial score (nSPS) is 17.5. The number of nitrogens with zero attached hydrogens (tertiary/aromatic N) is 2. The summed E-state index contributed by atoms with van der Waals surface area (Å²) in [6.45, 7) is 2.07. The van der Waals surface area contributed by atoms with Gasteiger partial charge in [-0.3, -0.25) is 0 Å². The van der Waals surface area contributed by atoms with Crippen molar-refractivity contribution >= 4 is 6.09 Å². The maximum absolute atomic E-state index is 11.5. The third-order valence-corrected chi connectivity index (χ3v) is 5.43. The van der Waals surface area contributed by atoms with Gasteiger partial charge >= 0.3 is 6.09 Å². The Hall–Kier alpha value is -2.60. The van der Waals surface area contributed by atoms with Crippen LogP contribution in [0.2, 0.25) is 0 Å². The summed E-state index contributed by atoms with van der Waals surface area (Å²) in [7, 11) is 2.13. The number of fused-ring (bicyclic) bond motifs is 1. The number of pyridine rings is 1. The monoisotopic (exact) mass is 367 g/mol. The van der Waals surface area contributed by atoms with Crippen molar-refractivity contribution in [1.29, 1.82) is 0 Å². The molecule has 2 aliphatic rings. The lowest BCUT2D eigenvalue weighted by Gasteiger charge is -2.29. The van der Waals surface area contributed by atoms with Crippen LogP contribution in [0.5, 0.6) is 11.6 Å². The zero-order valence-electron chi connectivity index (χ0n) is 15.6. The van der Waals surface area contributed by atoms with Gasteiger partial charge in [-0.2, -0.15) is 0 Å². The van der Waals surface area contributed by atoms with Crippen LogP contribution in [0.3, 0.4) is 0 Å². The van der Waals surface area contributed by atoms with Gasteiger partial charge in [-0.1, -0.05) is 12.1 Å². The lowest BCUT2D eigenvalue weighted by atomic mass is 9.99. The van der Waals surface area contributed by atoms with Crippen LogP contribution < -0.4 is 15.2 Å². The van der Waals surface area contributed by atoms with Crippen LogP contribution in [-0.4, -0.2) is 42.2 Å². The van der Waals surface area contributed by atoms with Crippen LogP contribution in [0.25, 0.3) is 11.1 Å². The van der Waals surface area contributed by atoms with Crippen molar-refractivity contribution in [2.24, 2.45) is 5.73 Å². The van der Waals surface area contributed by atoms with E-state index >= 15 is 0 Å². The number of primary amides is 1. The molecule has 142 valence electrons. The molecule has 0 unspecified atom stereocenters. The maximum atomic E-state index is 11.5. The first-order valence-corrected chi connectivity index (χ1v) is 9.54. The van der Waals surface area contributed by atoms with Gasteiger partial charge in [0.05, 0.1) is 0 Å². The van der Waals surface area contributed by atoms with Gasteiger partial charge in [-0.25, -0.2) is 9.78 Å². The number of hydrogen-bond donors (Lipinski definition) is 1. The molecule has 2 heterocycles. The van der Waals surface area contributed by atoms with Crippen molar-refractivity contribution in [3.05, 3.63) is 41.6 Å². The van der Waals surface area contributed by atoms with Crippen molar-refractivity contribution in [3.8, 4) is 22.8 Å². The van der Waals surface area contributed by atoms with E-state index in [1.54, 1.807) is 6.20 Å². The minimum absolute atomic E-state index is 0.185. The first-order chi connectivity index (χ1) is 13.1. The molecule has 1 amide bonds. The second-order valence-electron chi connectivity index (χ2n) is 7.36. The predicted octanol–water partition coefficient (Wildman–Crippen LogP) is 3.17. The van der Waals surface area contributed by atoms with E-state index in [0.29, 0.717) is 11.6 Å². The molecule has 27 heavy (non-hydrogen) atoms. The van der Waals surface area contributed by atoms with Gasteiger partial charge in [0.15, 0.2) is 0 Å². The Morgan fingerprint density at radius 2 is 2.04 bits per heavy atom. The zero-order valence-corrected chi connectivity index (χ0v) is 15.6. The van der Waals surface area contributed by atoms with Crippen LogP contribution in [0.4, 0.5) is 4.79 Å². The van der Waals surface area contributed by atoms with E-state index in [0.717, 1.165) is 61.9 Å². The summed E-state index contributed by atoms with van der Waals surface area (Å²) >= 11 is 0. The third-order valence-electron chi connectivity index (χ3n) is 5.43. The average Bonchev–Trinajstić information content (AvgIpc) is 3.13. The smallest absolute Gasteiger partial charge is 0.409 e. The highest BCUT2D eigenvalue weighted by molar-refractivity contribution is 5.79. The van der Waals surface area contributed by atoms with Crippen molar-refractivity contribution in [2.45, 2.75) is 38.2 Å². The molecule has 1 fully saturated rings. The second kappa shape index (κ2) is 7.56. The van der Waals surface area contributed by atoms with Gasteiger partial charge in [0.1, 0.15) is 11.9 Å². The molecule has 0 radical (unpaired) electrons. The molecular formula is C21H25N3O3. The lowest BCUT2D eigenvalue weighted by Crippen LogP contribution is -2.35. The number of aromatic nitrogens is 1. The molecule has 1 aromatic heterocycles. The molecule has 6 heteroatoms. The Morgan fingerprint density at radius 1 is 1.22 bits per heavy atom. The van der Waals surface area contributed by atoms with Gasteiger partial charge in [0, 0.05) is 30.9 Å². The number of likely N-dealkylation sites (tertiary alicyclic amines) is 1. The molecule has 0 saturated carbocycles. The van der Waals surface area contributed by atoms with Crippen molar-refractivity contribution in [2.75, 3.05) is 20.1 Å². The predicted molar refractivity (Wildman–Crippen MR) is 103 cm³/mol. The third kappa shape index (κ3) is 3.90. The summed E-state index contributed by atoms with van der Waals surface area (Å²) in [6.07, 6.45) is 6.10. The number of carbonyl (C=O) groups is 1. The number of carbonyl (C=O) groups excluding carboxylic acids is 1. The lowest BCUT2D eigenvalue weighted by molar-refractivity contribution is 0.110. The van der Waals surface area contributed by atoms with E-state index in [1.165, 1.54) is 5.56 Å². The van der Waals surface area contributed by atoms with E-state index in [2.05, 4.69) is 23.0 Å². The summed E-state index contributed by atoms with van der Waals surface area (Å²) in [6, 6.07) is 7.94. The number of aryl methyl sites for hydroxylation is 1. The Kier molecular flexibility index (Phi) is 4.99. The van der Waals surface area contributed by atoms with Crippen LogP contribution >= 0.6 is 0 Å². The molecular weight excluding hydrogens is 342 g/mol. The Bertz CT molecular complexity index is 845. The molecule has 1 aliphatic heterocycles. The number of ether oxygens (including phenoxy) is 2. The highest BCUT2D eigenvalue weighted by Crippen LogP contribution is 2.40. The van der Waals surface area contributed by atoms with Gasteiger partial charge in [0.2, 0.25) is 5.88 Å². The fourth-order valence-electron chi connectivity index (χ4n) is 3.99. The zero-order chi connectivity index (χ0) is 18.8. The van der Waals surface area contributed by atoms with E-state index in [-0.39, 0.29) is 6.10 Å². The average molecular weight is 367 g/mol. The molecule has 0 bridgehead atoms. The number of hydrogen-bond acceptors (Lipinski definition) is 5. The van der Waals surface area contributed by atoms with Crippen molar-refractivity contribution in [1.82, 2.24) is 9.88 Å². The van der Waals surface area contributed by atoms with E-state index < -0.39 is 6.09 Å². The SMILES string of the molecule is CN1CCC(Oc2cc(-c3ccc4c(c3OC(N)=O)CCC4)ccn2)CC1. The first-order valence-electron chi connectivity index (χ1n) is 9.54. The van der Waals surface area contributed by atoms with Crippen LogP contribution in [0.15, 0.2) is 30.5 Å². The summed E-state index contributed by atoms with van der Waals surface area (Å²) in [5.74, 6) is 1.18. The Labute approximate surface area is 159 Å². The molecule has 1 saturated heterocycles. The topological polar surface area (TPSA) is 77.7 Å². The van der Waals surface area contributed by atoms with Gasteiger partial charge in [-0.05, 0) is 61.9 Å². The molecule has 4 rings (SSSR count). The number of amides is 1. The number of nitrogens with two attached hydrogens (primary N) is 1. The molecule has 0 spiro atoms. The van der Waals surface area contributed by atoms with Gasteiger partial charge in [-0.15, -0.1) is 0 Å². The summed E-state index contributed by atoms with van der Waals surface area (Å²) in [4.78, 5) is 18.1. The summed E-state index contributed by atoms with van der Waals surface area (Å²) in [5.41, 5.74) is 9.41. The molecule has 1 aliphatic carbocycles. The molecule has 2 N–H and O–H groups in total. The van der Waals surface area contributed by atoms with E-state index in [9.17, 15) is 4.79 Å². The van der Waals surface area contributed by atoms with Crippen LogP contribution in [0, 0.1) is 0 Å². The molecule has 2 aromatic rings. The summed E-state index contributed by atoms with van der Waals surface area (Å²) in [5, 5.41) is 0. The molecule has 1 aromatic carbocycles. The van der Waals surface area contributed by atoms with Crippen molar-refractivity contribution in [3.63, 3.8) is 0 Å². The fraction of sp³-hybridized carbons (Fsp3) is 0.429. The van der Waals surface area contributed by atoms with Crippen LogP contribution in [0.1, 0.15) is 30.4 Å². The second-order valence-corrected chi connectivity index (χ2v) is 7.36. The Morgan fingerprint density at radius 3 is 2.81 bits per heavy atom. The highest BCUT2D eigenvalue weighted by atomic mass is 16.5. The van der Waals surface area contributed by atoms with E-state index in [1.807, 2.05) is 18.2 Å². The first kappa shape index (κ1) is 17.8. The number of rotatable bonds is 4. The summed E-state index contributed by atoms with van der Waals surface area (Å²) < 4.78 is 11.5. The fourth-order valence-corrected chi connectivity index (χ4v) is 3.99. The van der Waals surface area contributed by atoms with E-state index in [4.69, 9.17) is 15.2 Å². The Balaban J connectivity index is 1.63. The minimum atomic E-state index is -0.784. The maximum Gasteiger partial charge on any atom is 0.409 e. The van der Waals surface area contributed by atoms with Gasteiger partial charge in [0.25, 0.3) is 0 Å². The number of piperidine rings is 1. The minimum Gasteiger partial charge on any atom is -0.474 e. The molecule has 0 atom stereocenters. The number of benzene rings is 1. The van der Waals surface area contributed by atoms with Crippen LogP contribution in [-0.2, 0) is 12.8 Å². The van der Waals surface area contributed by atoms with Gasteiger partial charge < -0.3 is 20.1 Å². The van der Waals surface area contributed by atoms with Crippen molar-refractivity contribution < 1.29 is 14.3 Å². The largest absolute Gasteiger partial charge is 0.474 e.